The number of amides is 2. The number of anilines is 3. The van der Waals surface area contributed by atoms with E-state index in [0.29, 0.717) is 16.9 Å². The van der Waals surface area contributed by atoms with E-state index in [1.165, 1.54) is 0 Å². The van der Waals surface area contributed by atoms with Gasteiger partial charge in [-0.3, -0.25) is 9.59 Å². The maximum atomic E-state index is 12.4. The summed E-state index contributed by atoms with van der Waals surface area (Å²) in [6.07, 6.45) is 1.81. The van der Waals surface area contributed by atoms with Crippen molar-refractivity contribution in [2.45, 2.75) is 32.7 Å². The Labute approximate surface area is 169 Å². The molecule has 0 saturated carbocycles. The van der Waals surface area contributed by atoms with Gasteiger partial charge in [0.2, 0.25) is 5.91 Å². The van der Waals surface area contributed by atoms with Crippen LogP contribution in [0.25, 0.3) is 0 Å². The van der Waals surface area contributed by atoms with Crippen LogP contribution in [0.3, 0.4) is 0 Å². The average Bonchev–Trinajstić information content (AvgIpc) is 3.19. The van der Waals surface area contributed by atoms with E-state index in [2.05, 4.69) is 15.5 Å². The number of esters is 1. The van der Waals surface area contributed by atoms with Crippen LogP contribution in [0.15, 0.2) is 36.4 Å². The van der Waals surface area contributed by atoms with Gasteiger partial charge in [0.05, 0.1) is 16.9 Å². The lowest BCUT2D eigenvalue weighted by molar-refractivity contribution is -0.119. The molecule has 2 heterocycles. The number of nitrogens with zero attached hydrogens (tertiary/aromatic N) is 1. The zero-order chi connectivity index (χ0) is 20.5. The van der Waals surface area contributed by atoms with E-state index in [1.807, 2.05) is 38.1 Å². The molecule has 2 aliphatic heterocycles. The smallest absolute Gasteiger partial charge is 0.338 e. The summed E-state index contributed by atoms with van der Waals surface area (Å²) in [6, 6.07) is 10.7. The largest absolute Gasteiger partial charge is 0.452 e. The van der Waals surface area contributed by atoms with Crippen LogP contribution in [0.4, 0.5) is 17.1 Å². The lowest BCUT2D eigenvalue weighted by Gasteiger charge is -2.33. The van der Waals surface area contributed by atoms with E-state index in [4.69, 9.17) is 4.74 Å². The van der Waals surface area contributed by atoms with Crippen LogP contribution < -0.4 is 15.5 Å². The molecular formula is C22H23N3O4. The highest BCUT2D eigenvalue weighted by molar-refractivity contribution is 6.05. The molecule has 2 aromatic carbocycles. The van der Waals surface area contributed by atoms with Crippen LogP contribution in [0.2, 0.25) is 0 Å². The minimum absolute atomic E-state index is 0.0478. The summed E-state index contributed by atoms with van der Waals surface area (Å²) in [7, 11) is 0. The van der Waals surface area contributed by atoms with Crippen molar-refractivity contribution in [3.8, 4) is 0 Å². The van der Waals surface area contributed by atoms with E-state index < -0.39 is 11.9 Å². The molecule has 2 amide bonds. The zero-order valence-corrected chi connectivity index (χ0v) is 16.5. The number of ether oxygens (including phenoxy) is 1. The maximum Gasteiger partial charge on any atom is 0.338 e. The molecule has 150 valence electrons. The van der Waals surface area contributed by atoms with Crippen molar-refractivity contribution in [1.82, 2.24) is 0 Å². The molecule has 1 saturated heterocycles. The summed E-state index contributed by atoms with van der Waals surface area (Å²) in [5.41, 5.74) is 4.46. The van der Waals surface area contributed by atoms with Gasteiger partial charge in [-0.2, -0.15) is 0 Å². The van der Waals surface area contributed by atoms with Gasteiger partial charge in [-0.25, -0.2) is 4.79 Å². The zero-order valence-electron chi connectivity index (χ0n) is 16.5. The van der Waals surface area contributed by atoms with Crippen LogP contribution in [-0.4, -0.2) is 37.0 Å². The first kappa shape index (κ1) is 19.0. The van der Waals surface area contributed by atoms with Crippen molar-refractivity contribution in [3.63, 3.8) is 0 Å². The molecular weight excluding hydrogens is 370 g/mol. The molecule has 2 N–H and O–H groups in total. The predicted molar refractivity (Wildman–Crippen MR) is 110 cm³/mol. The summed E-state index contributed by atoms with van der Waals surface area (Å²) in [5, 5.41) is 5.63. The summed E-state index contributed by atoms with van der Waals surface area (Å²) in [4.78, 5) is 38.9. The third kappa shape index (κ3) is 3.81. The van der Waals surface area contributed by atoms with E-state index in [0.717, 1.165) is 36.2 Å². The summed E-state index contributed by atoms with van der Waals surface area (Å²) >= 11 is 0. The van der Waals surface area contributed by atoms with Gasteiger partial charge in [0, 0.05) is 12.2 Å². The molecule has 0 unspecified atom stereocenters. The highest BCUT2D eigenvalue weighted by atomic mass is 16.5. The molecule has 0 spiro atoms. The second kappa shape index (κ2) is 7.58. The molecule has 7 heteroatoms. The topological polar surface area (TPSA) is 87.7 Å². The molecule has 1 atom stereocenters. The minimum atomic E-state index is -0.610. The van der Waals surface area contributed by atoms with Crippen LogP contribution in [0.1, 0.15) is 34.3 Å². The lowest BCUT2D eigenvalue weighted by atomic mass is 10.1. The molecule has 0 aromatic heterocycles. The van der Waals surface area contributed by atoms with E-state index in [9.17, 15) is 14.4 Å². The van der Waals surface area contributed by atoms with Crippen molar-refractivity contribution in [3.05, 3.63) is 53.1 Å². The minimum Gasteiger partial charge on any atom is -0.452 e. The Bertz CT molecular complexity index is 1000. The van der Waals surface area contributed by atoms with Gasteiger partial charge in [0.15, 0.2) is 6.61 Å². The number of benzene rings is 2. The van der Waals surface area contributed by atoms with Gasteiger partial charge >= 0.3 is 5.97 Å². The lowest BCUT2D eigenvalue weighted by Crippen LogP contribution is -2.43. The van der Waals surface area contributed by atoms with Gasteiger partial charge in [-0.05, 0) is 62.1 Å². The highest BCUT2D eigenvalue weighted by Crippen LogP contribution is 2.37. The van der Waals surface area contributed by atoms with Crippen molar-refractivity contribution >= 4 is 34.8 Å². The number of rotatable bonds is 4. The van der Waals surface area contributed by atoms with Crippen molar-refractivity contribution in [2.24, 2.45) is 0 Å². The number of carbonyl (C=O) groups excluding carboxylic acids is 3. The van der Waals surface area contributed by atoms with E-state index in [-0.39, 0.29) is 18.6 Å². The molecule has 2 aromatic rings. The summed E-state index contributed by atoms with van der Waals surface area (Å²) in [6.45, 7) is 4.28. The van der Waals surface area contributed by atoms with Crippen LogP contribution in [-0.2, 0) is 14.3 Å². The number of fused-ring (bicyclic) bond motifs is 3. The normalized spacial score (nSPS) is 17.2. The Morgan fingerprint density at radius 1 is 1.21 bits per heavy atom. The van der Waals surface area contributed by atoms with Crippen molar-refractivity contribution in [2.75, 3.05) is 28.7 Å². The first-order chi connectivity index (χ1) is 13.9. The van der Waals surface area contributed by atoms with Gasteiger partial charge < -0.3 is 20.3 Å². The Morgan fingerprint density at radius 2 is 2.03 bits per heavy atom. The molecule has 4 rings (SSSR count). The molecule has 0 aliphatic carbocycles. The van der Waals surface area contributed by atoms with Gasteiger partial charge in [0.1, 0.15) is 6.04 Å². The first-order valence-electron chi connectivity index (χ1n) is 9.68. The van der Waals surface area contributed by atoms with Gasteiger partial charge in [0.25, 0.3) is 5.91 Å². The predicted octanol–water partition coefficient (Wildman–Crippen LogP) is 3.02. The Hall–Kier alpha value is -3.35. The third-order valence-electron chi connectivity index (χ3n) is 5.36. The maximum absolute atomic E-state index is 12.4. The molecule has 2 aliphatic rings. The average molecular weight is 393 g/mol. The molecule has 7 nitrogen and oxygen atoms in total. The fourth-order valence-electron chi connectivity index (χ4n) is 3.83. The fourth-order valence-corrected chi connectivity index (χ4v) is 3.83. The number of nitrogens with one attached hydrogen (secondary N) is 2. The summed E-state index contributed by atoms with van der Waals surface area (Å²) in [5.74, 6) is -1.06. The second-order valence-corrected chi connectivity index (χ2v) is 7.52. The Kier molecular flexibility index (Phi) is 4.96. The quantitative estimate of drug-likeness (QED) is 0.780. The highest BCUT2D eigenvalue weighted by Gasteiger charge is 2.36. The van der Waals surface area contributed by atoms with Crippen LogP contribution in [0, 0.1) is 13.8 Å². The van der Waals surface area contributed by atoms with Crippen molar-refractivity contribution in [1.29, 1.82) is 0 Å². The standard InChI is InChI=1S/C22H23N3O4/c1-13-5-6-14(2)16(10-13)23-20(26)12-29-22(28)15-7-8-18-17(11-15)24-21(27)19-4-3-9-25(18)19/h5-8,10-11,19H,3-4,9,12H2,1-2H3,(H,23,26)(H,24,27)/t19-/m1/s1. The number of carbonyl (C=O) groups is 3. The Morgan fingerprint density at radius 3 is 2.86 bits per heavy atom. The molecule has 0 bridgehead atoms. The van der Waals surface area contributed by atoms with Crippen LogP contribution >= 0.6 is 0 Å². The first-order valence-corrected chi connectivity index (χ1v) is 9.68. The SMILES string of the molecule is Cc1ccc(C)c(NC(=O)COC(=O)c2ccc3c(c2)NC(=O)[C@H]2CCCN32)c1. The van der Waals surface area contributed by atoms with Crippen molar-refractivity contribution < 1.29 is 19.1 Å². The van der Waals surface area contributed by atoms with Gasteiger partial charge in [-0.1, -0.05) is 12.1 Å². The fraction of sp³-hybridized carbons (Fsp3) is 0.318. The van der Waals surface area contributed by atoms with Gasteiger partial charge in [-0.15, -0.1) is 0 Å². The third-order valence-corrected chi connectivity index (χ3v) is 5.36. The van der Waals surface area contributed by atoms with E-state index >= 15 is 0 Å². The monoisotopic (exact) mass is 393 g/mol. The summed E-state index contributed by atoms with van der Waals surface area (Å²) < 4.78 is 5.16. The molecule has 0 radical (unpaired) electrons. The number of hydrogen-bond acceptors (Lipinski definition) is 5. The van der Waals surface area contributed by atoms with E-state index in [1.54, 1.807) is 12.1 Å². The molecule has 1 fully saturated rings. The Balaban J connectivity index is 1.40. The second-order valence-electron chi connectivity index (χ2n) is 7.52. The molecule has 29 heavy (non-hydrogen) atoms. The number of hydrogen-bond donors (Lipinski definition) is 2. The number of aryl methyl sites for hydroxylation is 2. The van der Waals surface area contributed by atoms with Crippen LogP contribution in [0.5, 0.6) is 0 Å².